The molecule has 0 saturated heterocycles. The summed E-state index contributed by atoms with van der Waals surface area (Å²) in [6.45, 7) is 4.41. The summed E-state index contributed by atoms with van der Waals surface area (Å²) in [5, 5.41) is 25.2. The summed E-state index contributed by atoms with van der Waals surface area (Å²) in [6.07, 6.45) is 2.62. The summed E-state index contributed by atoms with van der Waals surface area (Å²) in [4.78, 5) is 21.0. The van der Waals surface area contributed by atoms with E-state index in [-0.39, 0.29) is 11.8 Å². The van der Waals surface area contributed by atoms with Gasteiger partial charge in [0, 0.05) is 0 Å². The molecular formula is C12H22N2O4. The molecule has 0 radical (unpaired) electrons. The van der Waals surface area contributed by atoms with Gasteiger partial charge in [0.25, 0.3) is 0 Å². The average Bonchev–Trinajstić information content (AvgIpc) is 2.31. The Balaban J connectivity index is 3.44. The van der Waals surface area contributed by atoms with Gasteiger partial charge in [-0.2, -0.15) is 10.2 Å². The largest absolute Gasteiger partial charge is 0.481 e. The molecule has 0 aliphatic heterocycles. The van der Waals surface area contributed by atoms with Crippen molar-refractivity contribution in [1.29, 1.82) is 0 Å². The predicted octanol–water partition coefficient (Wildman–Crippen LogP) is 2.44. The van der Waals surface area contributed by atoms with Crippen molar-refractivity contribution in [3.8, 4) is 0 Å². The van der Waals surface area contributed by atoms with Gasteiger partial charge in [-0.1, -0.05) is 13.8 Å². The zero-order valence-corrected chi connectivity index (χ0v) is 11.0. The maximum absolute atomic E-state index is 10.5. The average molecular weight is 258 g/mol. The maximum Gasteiger partial charge on any atom is 0.306 e. The first-order valence-corrected chi connectivity index (χ1v) is 6.24. The van der Waals surface area contributed by atoms with Crippen LogP contribution in [0.3, 0.4) is 0 Å². The van der Waals surface area contributed by atoms with E-state index in [4.69, 9.17) is 10.2 Å². The number of rotatable bonds is 10. The van der Waals surface area contributed by atoms with Crippen molar-refractivity contribution in [1.82, 2.24) is 0 Å². The van der Waals surface area contributed by atoms with Crippen LogP contribution >= 0.6 is 0 Å². The zero-order valence-electron chi connectivity index (χ0n) is 11.0. The van der Waals surface area contributed by atoms with E-state index in [1.807, 2.05) is 0 Å². The molecule has 0 bridgehead atoms. The van der Waals surface area contributed by atoms with Crippen LogP contribution in [-0.4, -0.2) is 35.2 Å². The fourth-order valence-electron chi connectivity index (χ4n) is 1.32. The second-order valence-electron chi connectivity index (χ2n) is 4.49. The van der Waals surface area contributed by atoms with E-state index >= 15 is 0 Å². The van der Waals surface area contributed by atoms with Crippen LogP contribution in [0.15, 0.2) is 10.2 Å². The van der Waals surface area contributed by atoms with E-state index in [0.717, 1.165) is 0 Å². The van der Waals surface area contributed by atoms with Crippen LogP contribution in [-0.2, 0) is 9.59 Å². The molecule has 0 amide bonds. The van der Waals surface area contributed by atoms with E-state index in [1.54, 1.807) is 13.8 Å². The third-order valence-corrected chi connectivity index (χ3v) is 2.73. The van der Waals surface area contributed by atoms with Crippen molar-refractivity contribution in [2.75, 3.05) is 13.1 Å². The summed E-state index contributed by atoms with van der Waals surface area (Å²) >= 11 is 0. The summed E-state index contributed by atoms with van der Waals surface area (Å²) in [5.41, 5.74) is 0. The van der Waals surface area contributed by atoms with Crippen LogP contribution in [0.25, 0.3) is 0 Å². The Labute approximate surface area is 107 Å². The number of carbonyl (C=O) groups is 2. The molecule has 0 aromatic rings. The van der Waals surface area contributed by atoms with Gasteiger partial charge in [0.1, 0.15) is 0 Å². The fourth-order valence-corrected chi connectivity index (χ4v) is 1.32. The van der Waals surface area contributed by atoms with E-state index in [2.05, 4.69) is 10.2 Å². The summed E-state index contributed by atoms with van der Waals surface area (Å²) in [6, 6.07) is 0. The molecule has 0 aromatic heterocycles. The SMILES string of the molecule is CC(CCCN=NCCCC(C)C(=O)O)C(=O)O. The van der Waals surface area contributed by atoms with E-state index in [1.165, 1.54) is 0 Å². The molecule has 2 unspecified atom stereocenters. The summed E-state index contributed by atoms with van der Waals surface area (Å²) in [7, 11) is 0. The van der Waals surface area contributed by atoms with E-state index in [0.29, 0.717) is 38.8 Å². The highest BCUT2D eigenvalue weighted by atomic mass is 16.4. The van der Waals surface area contributed by atoms with Gasteiger partial charge < -0.3 is 10.2 Å². The van der Waals surface area contributed by atoms with Crippen molar-refractivity contribution in [2.45, 2.75) is 39.5 Å². The monoisotopic (exact) mass is 258 g/mol. The Kier molecular flexibility index (Phi) is 8.78. The standard InChI is InChI=1S/C12H22N2O4/c1-9(11(15)16)5-3-7-13-14-8-4-6-10(2)12(17)18/h9-10H,3-8H2,1-2H3,(H,15,16)(H,17,18). The van der Waals surface area contributed by atoms with Crippen molar-refractivity contribution >= 4 is 11.9 Å². The number of aliphatic carboxylic acids is 2. The Morgan fingerprint density at radius 3 is 1.50 bits per heavy atom. The number of hydrogen-bond donors (Lipinski definition) is 2. The molecule has 0 aliphatic carbocycles. The number of carboxylic acid groups (broad SMARTS) is 2. The molecule has 0 saturated carbocycles. The second-order valence-corrected chi connectivity index (χ2v) is 4.49. The van der Waals surface area contributed by atoms with Gasteiger partial charge in [0.2, 0.25) is 0 Å². The van der Waals surface area contributed by atoms with Crippen LogP contribution < -0.4 is 0 Å². The van der Waals surface area contributed by atoms with Crippen LogP contribution in [0.1, 0.15) is 39.5 Å². The third-order valence-electron chi connectivity index (χ3n) is 2.73. The molecule has 0 rings (SSSR count). The molecule has 0 spiro atoms. The molecule has 0 heterocycles. The highest BCUT2D eigenvalue weighted by Crippen LogP contribution is 2.07. The smallest absolute Gasteiger partial charge is 0.306 e. The number of azo groups is 1. The summed E-state index contributed by atoms with van der Waals surface area (Å²) in [5.74, 6) is -2.24. The van der Waals surface area contributed by atoms with Crippen LogP contribution in [0.2, 0.25) is 0 Å². The first kappa shape index (κ1) is 16.5. The highest BCUT2D eigenvalue weighted by Gasteiger charge is 2.10. The quantitative estimate of drug-likeness (QED) is 0.464. The molecule has 18 heavy (non-hydrogen) atoms. The molecule has 6 heteroatoms. The molecule has 2 N–H and O–H groups in total. The van der Waals surface area contributed by atoms with Gasteiger partial charge in [0.05, 0.1) is 24.9 Å². The van der Waals surface area contributed by atoms with Crippen LogP contribution in [0.4, 0.5) is 0 Å². The van der Waals surface area contributed by atoms with Gasteiger partial charge in [-0.15, -0.1) is 0 Å². The summed E-state index contributed by atoms with van der Waals surface area (Å²) < 4.78 is 0. The van der Waals surface area contributed by atoms with Gasteiger partial charge in [0.15, 0.2) is 0 Å². The Morgan fingerprint density at radius 1 is 0.889 bits per heavy atom. The van der Waals surface area contributed by atoms with Gasteiger partial charge in [-0.25, -0.2) is 0 Å². The number of carboxylic acids is 2. The van der Waals surface area contributed by atoms with Gasteiger partial charge in [-0.3, -0.25) is 9.59 Å². The molecule has 6 nitrogen and oxygen atoms in total. The Morgan fingerprint density at radius 2 is 1.22 bits per heavy atom. The van der Waals surface area contributed by atoms with Crippen molar-refractivity contribution in [2.24, 2.45) is 22.1 Å². The lowest BCUT2D eigenvalue weighted by Crippen LogP contribution is -2.09. The predicted molar refractivity (Wildman–Crippen MR) is 66.7 cm³/mol. The second kappa shape index (κ2) is 9.56. The lowest BCUT2D eigenvalue weighted by molar-refractivity contribution is -0.142. The van der Waals surface area contributed by atoms with Gasteiger partial charge in [-0.05, 0) is 25.7 Å². The Hall–Kier alpha value is -1.46. The van der Waals surface area contributed by atoms with Crippen molar-refractivity contribution < 1.29 is 19.8 Å². The molecule has 2 atom stereocenters. The minimum atomic E-state index is -0.783. The molecule has 104 valence electrons. The normalized spacial score (nSPS) is 14.6. The van der Waals surface area contributed by atoms with Crippen LogP contribution in [0.5, 0.6) is 0 Å². The van der Waals surface area contributed by atoms with E-state index in [9.17, 15) is 9.59 Å². The number of nitrogens with zero attached hydrogens (tertiary/aromatic N) is 2. The minimum absolute atomic E-state index is 0.336. The van der Waals surface area contributed by atoms with Crippen LogP contribution in [0, 0.1) is 11.8 Å². The zero-order chi connectivity index (χ0) is 14.0. The minimum Gasteiger partial charge on any atom is -0.481 e. The van der Waals surface area contributed by atoms with Crippen molar-refractivity contribution in [3.05, 3.63) is 0 Å². The highest BCUT2D eigenvalue weighted by molar-refractivity contribution is 5.69. The Bertz CT molecular complexity index is 264. The fraction of sp³-hybridized carbons (Fsp3) is 0.833. The lowest BCUT2D eigenvalue weighted by atomic mass is 10.1. The first-order chi connectivity index (χ1) is 8.45. The van der Waals surface area contributed by atoms with Gasteiger partial charge >= 0.3 is 11.9 Å². The maximum atomic E-state index is 10.5. The lowest BCUT2D eigenvalue weighted by Gasteiger charge is -2.03. The third kappa shape index (κ3) is 8.66. The van der Waals surface area contributed by atoms with E-state index < -0.39 is 11.9 Å². The molecule has 0 aromatic carbocycles. The van der Waals surface area contributed by atoms with Crippen molar-refractivity contribution in [3.63, 3.8) is 0 Å². The molecule has 0 fully saturated rings. The topological polar surface area (TPSA) is 99.3 Å². The number of hydrogen-bond acceptors (Lipinski definition) is 4. The molecular weight excluding hydrogens is 236 g/mol. The molecule has 0 aliphatic rings. The first-order valence-electron chi connectivity index (χ1n) is 6.24.